The largest absolute Gasteiger partial charge is 0.591 e. The predicted molar refractivity (Wildman–Crippen MR) is 153 cm³/mol. The van der Waals surface area contributed by atoms with Gasteiger partial charge in [-0.25, -0.2) is 9.97 Å². The van der Waals surface area contributed by atoms with E-state index in [4.69, 9.17) is 37.3 Å². The molecule has 1 unspecified atom stereocenters. The molecule has 0 aliphatic carbocycles. The number of rotatable bonds is 3. The minimum absolute atomic E-state index is 0.240. The van der Waals surface area contributed by atoms with Gasteiger partial charge in [0.1, 0.15) is 33.6 Å². The summed E-state index contributed by atoms with van der Waals surface area (Å²) in [7, 11) is 0. The summed E-state index contributed by atoms with van der Waals surface area (Å²) >= 11 is 11.2. The van der Waals surface area contributed by atoms with Gasteiger partial charge in [0, 0.05) is 42.6 Å². The fraction of sp³-hybridized carbons (Fsp3) is 0.357. The highest BCUT2D eigenvalue weighted by Gasteiger charge is 2.50. The highest BCUT2D eigenvalue weighted by atomic mass is 35.5. The Hall–Kier alpha value is -2.83. The monoisotopic (exact) mass is 567 g/mol. The lowest BCUT2D eigenvalue weighted by Gasteiger charge is -2.38. The van der Waals surface area contributed by atoms with Crippen LogP contribution in [0.25, 0.3) is 11.1 Å². The van der Waals surface area contributed by atoms with Crippen molar-refractivity contribution < 1.29 is 9.29 Å². The molecule has 38 heavy (non-hydrogen) atoms. The van der Waals surface area contributed by atoms with E-state index in [1.165, 1.54) is 0 Å². The van der Waals surface area contributed by atoms with E-state index in [2.05, 4.69) is 11.1 Å². The maximum atomic E-state index is 13.0. The number of halogens is 2. The first kappa shape index (κ1) is 26.8. The van der Waals surface area contributed by atoms with Crippen molar-refractivity contribution in [3.63, 3.8) is 0 Å². The molecule has 10 heteroatoms. The average molecular weight is 569 g/mol. The van der Waals surface area contributed by atoms with E-state index < -0.39 is 21.7 Å². The summed E-state index contributed by atoms with van der Waals surface area (Å²) < 4.78 is 23.8. The highest BCUT2D eigenvalue weighted by Crippen LogP contribution is 2.43. The van der Waals surface area contributed by atoms with Gasteiger partial charge in [0.2, 0.25) is 5.95 Å². The molecule has 2 aliphatic rings. The normalized spacial score (nSPS) is 18.3. The first-order valence-corrected chi connectivity index (χ1v) is 14.2. The molecule has 196 valence electrons. The number of piperidine rings is 1. The molecular formula is C28H27Cl2N5O2S. The van der Waals surface area contributed by atoms with Crippen LogP contribution in [-0.2, 0) is 11.4 Å². The summed E-state index contributed by atoms with van der Waals surface area (Å²) in [5, 5.41) is 10.7. The molecule has 0 N–H and O–H groups in total. The van der Waals surface area contributed by atoms with E-state index in [0.29, 0.717) is 58.7 Å². The van der Waals surface area contributed by atoms with Crippen LogP contribution in [0.1, 0.15) is 50.6 Å². The number of aromatic nitrogens is 2. The van der Waals surface area contributed by atoms with E-state index >= 15 is 0 Å². The SMILES string of the molecule is Cc1nc(N2CCC3(CC2)Oc2ccccc2C3=N[S+]([O-])C(C)(C)C)nc(C#N)c1-c1cccc(Cl)c1Cl. The first-order valence-electron chi connectivity index (χ1n) is 12.3. The van der Waals surface area contributed by atoms with Crippen molar-refractivity contribution in [2.24, 2.45) is 4.40 Å². The Morgan fingerprint density at radius 3 is 2.45 bits per heavy atom. The van der Waals surface area contributed by atoms with Crippen LogP contribution in [0.2, 0.25) is 10.0 Å². The van der Waals surface area contributed by atoms with Gasteiger partial charge < -0.3 is 14.2 Å². The summed E-state index contributed by atoms with van der Waals surface area (Å²) in [5.41, 5.74) is 3.03. The Morgan fingerprint density at radius 1 is 1.08 bits per heavy atom. The second-order valence-electron chi connectivity index (χ2n) is 10.4. The van der Waals surface area contributed by atoms with Crippen LogP contribution in [0.5, 0.6) is 5.75 Å². The number of nitriles is 1. The standard InChI is InChI=1S/C28H27Cl2N5O2S/c1-17-23(19-9-7-10-20(29)24(19)30)21(16-31)33-26(32-17)35-14-12-28(13-15-35)25(34-38(36)27(2,3)4)18-8-5-6-11-22(18)37-28/h5-11H,12-15H2,1-4H3. The molecule has 3 aromatic rings. The number of ether oxygens (including phenoxy) is 1. The summed E-state index contributed by atoms with van der Waals surface area (Å²) in [6.45, 7) is 8.74. The third kappa shape index (κ3) is 4.73. The van der Waals surface area contributed by atoms with Crippen LogP contribution in [0.15, 0.2) is 46.9 Å². The fourth-order valence-electron chi connectivity index (χ4n) is 4.81. The molecule has 3 heterocycles. The van der Waals surface area contributed by atoms with Crippen molar-refractivity contribution in [2.75, 3.05) is 18.0 Å². The van der Waals surface area contributed by atoms with E-state index in [0.717, 1.165) is 17.0 Å². The van der Waals surface area contributed by atoms with Gasteiger partial charge in [-0.1, -0.05) is 51.9 Å². The fourth-order valence-corrected chi connectivity index (χ4v) is 5.91. The molecule has 5 rings (SSSR count). The lowest BCUT2D eigenvalue weighted by atomic mass is 9.85. The average Bonchev–Trinajstić information content (AvgIpc) is 3.17. The molecule has 1 atom stereocenters. The van der Waals surface area contributed by atoms with Gasteiger partial charge in [0.15, 0.2) is 11.3 Å². The Morgan fingerprint density at radius 2 is 1.76 bits per heavy atom. The number of benzene rings is 2. The number of hydrogen-bond acceptors (Lipinski definition) is 7. The molecule has 0 amide bonds. The zero-order valence-corrected chi connectivity index (χ0v) is 23.9. The molecule has 7 nitrogen and oxygen atoms in total. The molecule has 0 radical (unpaired) electrons. The molecule has 2 aromatic carbocycles. The minimum atomic E-state index is -1.43. The van der Waals surface area contributed by atoms with Gasteiger partial charge in [0.05, 0.1) is 15.7 Å². The van der Waals surface area contributed by atoms with Crippen LogP contribution in [-0.4, -0.2) is 43.7 Å². The minimum Gasteiger partial charge on any atom is -0.591 e. The summed E-state index contributed by atoms with van der Waals surface area (Å²) in [6.07, 6.45) is 1.21. The lowest BCUT2D eigenvalue weighted by molar-refractivity contribution is 0.124. The molecule has 1 aromatic heterocycles. The second-order valence-corrected chi connectivity index (χ2v) is 13.1. The van der Waals surface area contributed by atoms with Gasteiger partial charge in [-0.2, -0.15) is 5.26 Å². The Bertz CT molecular complexity index is 1470. The third-order valence-corrected chi connectivity index (χ3v) is 9.05. The van der Waals surface area contributed by atoms with Crippen molar-refractivity contribution >= 4 is 46.2 Å². The molecule has 1 saturated heterocycles. The van der Waals surface area contributed by atoms with Gasteiger partial charge in [-0.05, 0) is 45.9 Å². The number of aryl methyl sites for hydroxylation is 1. The van der Waals surface area contributed by atoms with Crippen molar-refractivity contribution in [3.8, 4) is 22.9 Å². The van der Waals surface area contributed by atoms with E-state index in [1.54, 1.807) is 12.1 Å². The number of hydrogen-bond donors (Lipinski definition) is 0. The maximum absolute atomic E-state index is 13.0. The van der Waals surface area contributed by atoms with Crippen LogP contribution in [0.3, 0.4) is 0 Å². The summed E-state index contributed by atoms with van der Waals surface area (Å²) in [6, 6.07) is 15.3. The van der Waals surface area contributed by atoms with Gasteiger partial charge in [0.25, 0.3) is 0 Å². The molecule has 0 saturated carbocycles. The third-order valence-electron chi connectivity index (χ3n) is 6.84. The zero-order valence-electron chi connectivity index (χ0n) is 21.6. The number of nitrogens with zero attached hydrogens (tertiary/aromatic N) is 5. The maximum Gasteiger partial charge on any atom is 0.226 e. The van der Waals surface area contributed by atoms with Crippen molar-refractivity contribution in [3.05, 3.63) is 69.5 Å². The Balaban J connectivity index is 1.45. The number of para-hydroxylation sites is 1. The molecule has 1 spiro atoms. The topological polar surface area (TPSA) is 97.5 Å². The highest BCUT2D eigenvalue weighted by molar-refractivity contribution is 7.91. The molecule has 0 bridgehead atoms. The van der Waals surface area contributed by atoms with Gasteiger partial charge in [-0.3, -0.25) is 0 Å². The smallest absolute Gasteiger partial charge is 0.226 e. The van der Waals surface area contributed by atoms with E-state index in [9.17, 15) is 9.81 Å². The summed E-state index contributed by atoms with van der Waals surface area (Å²) in [5.74, 6) is 1.23. The zero-order chi connectivity index (χ0) is 27.2. The Kier molecular flexibility index (Phi) is 7.08. The van der Waals surface area contributed by atoms with Crippen LogP contribution < -0.4 is 9.64 Å². The Labute approximate surface area is 235 Å². The van der Waals surface area contributed by atoms with Crippen molar-refractivity contribution in [2.45, 2.75) is 50.9 Å². The predicted octanol–water partition coefficient (Wildman–Crippen LogP) is 6.31. The van der Waals surface area contributed by atoms with E-state index in [-0.39, 0.29) is 5.69 Å². The van der Waals surface area contributed by atoms with Crippen molar-refractivity contribution in [1.82, 2.24) is 9.97 Å². The van der Waals surface area contributed by atoms with Gasteiger partial charge in [-0.15, -0.1) is 0 Å². The summed E-state index contributed by atoms with van der Waals surface area (Å²) in [4.78, 5) is 11.4. The second kappa shape index (κ2) is 10.0. The van der Waals surface area contributed by atoms with Crippen LogP contribution >= 0.6 is 23.2 Å². The quantitative estimate of drug-likeness (QED) is 0.344. The lowest BCUT2D eigenvalue weighted by Crippen LogP contribution is -2.51. The first-order chi connectivity index (χ1) is 18.0. The molecular weight excluding hydrogens is 541 g/mol. The van der Waals surface area contributed by atoms with E-state index in [1.807, 2.05) is 62.9 Å². The van der Waals surface area contributed by atoms with Crippen molar-refractivity contribution in [1.29, 1.82) is 5.26 Å². The van der Waals surface area contributed by atoms with Gasteiger partial charge >= 0.3 is 0 Å². The molecule has 2 aliphatic heterocycles. The number of fused-ring (bicyclic) bond motifs is 1. The van der Waals surface area contributed by atoms with Crippen LogP contribution in [0.4, 0.5) is 5.95 Å². The van der Waals surface area contributed by atoms with Crippen LogP contribution in [0, 0.1) is 18.3 Å². The number of anilines is 1. The molecule has 1 fully saturated rings.